The number of hydrogen-bond acceptors (Lipinski definition) is 3. The minimum absolute atomic E-state index is 0. The van der Waals surface area contributed by atoms with E-state index in [4.69, 9.17) is 4.74 Å². The summed E-state index contributed by atoms with van der Waals surface area (Å²) in [6, 6.07) is 15.6. The summed E-state index contributed by atoms with van der Waals surface area (Å²) in [5, 5.41) is 9.24. The molecule has 4 nitrogen and oxygen atoms in total. The van der Waals surface area contributed by atoms with Gasteiger partial charge in [0.1, 0.15) is 5.75 Å². The molecule has 0 aromatic heterocycles. The summed E-state index contributed by atoms with van der Waals surface area (Å²) in [6.45, 7) is 1.06. The highest BCUT2D eigenvalue weighted by molar-refractivity contribution is 5.88. The molecule has 0 radical (unpaired) electrons. The van der Waals surface area contributed by atoms with Gasteiger partial charge in [0, 0.05) is 6.54 Å². The first-order chi connectivity index (χ1) is 13.5. The van der Waals surface area contributed by atoms with Gasteiger partial charge in [0.25, 0.3) is 0 Å². The second-order valence-electron chi connectivity index (χ2n) is 7.88. The van der Waals surface area contributed by atoms with Crippen molar-refractivity contribution in [2.75, 3.05) is 27.7 Å². The lowest BCUT2D eigenvalue weighted by Gasteiger charge is -2.35. The van der Waals surface area contributed by atoms with Crippen LogP contribution in [0.25, 0.3) is 6.08 Å². The standard InChI is InChI=1S/C24H29NO3.ClH/c1-25(2)16-21-11-10-18(12-17-6-4-8-20(13-17)24(26)27)14-23(21)19-7-5-9-22(15-19)28-3;/h4-9,12-13,15,21,23H,10-11,14,16H2,1-3H3,(H,26,27);1H/b18-12-;/t21-,23-;/m1./s1. The monoisotopic (exact) mass is 415 g/mol. The van der Waals surface area contributed by atoms with Crippen LogP contribution in [0.15, 0.2) is 54.1 Å². The zero-order valence-electron chi connectivity index (χ0n) is 17.3. The van der Waals surface area contributed by atoms with Gasteiger partial charge in [-0.3, -0.25) is 0 Å². The van der Waals surface area contributed by atoms with Crippen molar-refractivity contribution < 1.29 is 14.6 Å². The molecule has 0 unspecified atom stereocenters. The minimum Gasteiger partial charge on any atom is -0.497 e. The molecule has 1 aliphatic rings. The van der Waals surface area contributed by atoms with Gasteiger partial charge in [0.15, 0.2) is 0 Å². The highest BCUT2D eigenvalue weighted by Crippen LogP contribution is 2.42. The fourth-order valence-electron chi connectivity index (χ4n) is 4.20. The van der Waals surface area contributed by atoms with Gasteiger partial charge in [-0.05, 0) is 80.6 Å². The maximum atomic E-state index is 11.3. The Morgan fingerprint density at radius 1 is 1.21 bits per heavy atom. The smallest absolute Gasteiger partial charge is 0.335 e. The maximum Gasteiger partial charge on any atom is 0.335 e. The topological polar surface area (TPSA) is 49.8 Å². The zero-order valence-corrected chi connectivity index (χ0v) is 18.1. The molecule has 2 atom stereocenters. The highest BCUT2D eigenvalue weighted by atomic mass is 35.5. The molecule has 29 heavy (non-hydrogen) atoms. The predicted octanol–water partition coefficient (Wildman–Crippen LogP) is 5.34. The van der Waals surface area contributed by atoms with Crippen LogP contribution in [0.4, 0.5) is 0 Å². The number of halogens is 1. The molecule has 1 fully saturated rings. The summed E-state index contributed by atoms with van der Waals surface area (Å²) in [6.07, 6.45) is 5.34. The van der Waals surface area contributed by atoms with Crippen molar-refractivity contribution in [3.63, 3.8) is 0 Å². The van der Waals surface area contributed by atoms with Crippen molar-refractivity contribution in [2.24, 2.45) is 5.92 Å². The number of nitrogens with zero attached hydrogens (tertiary/aromatic N) is 1. The molecule has 2 aromatic rings. The normalized spacial score (nSPS) is 20.3. The second-order valence-corrected chi connectivity index (χ2v) is 7.88. The second kappa shape index (κ2) is 10.5. The molecule has 1 aliphatic carbocycles. The molecule has 1 N–H and O–H groups in total. The SMILES string of the molecule is COc1cccc([C@H]2C/C(=C\c3cccc(C(=O)O)c3)CC[C@@H]2CN(C)C)c1.Cl. The van der Waals surface area contributed by atoms with Crippen LogP contribution < -0.4 is 4.74 Å². The van der Waals surface area contributed by atoms with E-state index in [1.165, 1.54) is 11.1 Å². The Morgan fingerprint density at radius 2 is 1.97 bits per heavy atom. The number of benzene rings is 2. The van der Waals surface area contributed by atoms with Gasteiger partial charge in [-0.2, -0.15) is 0 Å². The van der Waals surface area contributed by atoms with Crippen LogP contribution in [0.5, 0.6) is 5.75 Å². The third-order valence-electron chi connectivity index (χ3n) is 5.51. The summed E-state index contributed by atoms with van der Waals surface area (Å²) in [5.41, 5.74) is 3.99. The highest BCUT2D eigenvalue weighted by Gasteiger charge is 2.29. The number of allylic oxidation sites excluding steroid dienone is 1. The van der Waals surface area contributed by atoms with Gasteiger partial charge in [0.2, 0.25) is 0 Å². The molecule has 0 spiro atoms. The summed E-state index contributed by atoms with van der Waals surface area (Å²) in [5.74, 6) is 1.03. The van der Waals surface area contributed by atoms with E-state index >= 15 is 0 Å². The number of rotatable bonds is 6. The lowest BCUT2D eigenvalue weighted by molar-refractivity contribution is 0.0697. The van der Waals surface area contributed by atoms with E-state index in [0.717, 1.165) is 37.1 Å². The van der Waals surface area contributed by atoms with Crippen molar-refractivity contribution in [1.29, 1.82) is 0 Å². The minimum atomic E-state index is -0.885. The molecule has 2 aromatic carbocycles. The number of aromatic carboxylic acids is 1. The molecule has 0 heterocycles. The van der Waals surface area contributed by atoms with Crippen molar-refractivity contribution >= 4 is 24.5 Å². The molecule has 3 rings (SSSR count). The average Bonchev–Trinajstić information content (AvgIpc) is 2.69. The van der Waals surface area contributed by atoms with Crippen LogP contribution >= 0.6 is 12.4 Å². The maximum absolute atomic E-state index is 11.3. The van der Waals surface area contributed by atoms with Crippen molar-refractivity contribution in [3.8, 4) is 5.75 Å². The Bertz CT molecular complexity index is 863. The van der Waals surface area contributed by atoms with Crippen LogP contribution in [0, 0.1) is 5.92 Å². The van der Waals surface area contributed by atoms with Gasteiger partial charge < -0.3 is 14.7 Å². The van der Waals surface area contributed by atoms with Crippen LogP contribution in [-0.4, -0.2) is 43.7 Å². The first kappa shape index (κ1) is 23.0. The number of carboxylic acids is 1. The molecule has 1 saturated carbocycles. The van der Waals surface area contributed by atoms with E-state index < -0.39 is 5.97 Å². The number of carbonyl (C=O) groups is 1. The number of hydrogen-bond donors (Lipinski definition) is 1. The van der Waals surface area contributed by atoms with E-state index in [-0.39, 0.29) is 12.4 Å². The first-order valence-electron chi connectivity index (χ1n) is 9.77. The largest absolute Gasteiger partial charge is 0.497 e. The Balaban J connectivity index is 0.00000300. The van der Waals surface area contributed by atoms with Crippen LogP contribution in [0.2, 0.25) is 0 Å². The van der Waals surface area contributed by atoms with E-state index in [0.29, 0.717) is 17.4 Å². The Kier molecular flexibility index (Phi) is 8.30. The van der Waals surface area contributed by atoms with Crippen LogP contribution in [0.1, 0.15) is 46.7 Å². The van der Waals surface area contributed by atoms with Gasteiger partial charge in [-0.15, -0.1) is 12.4 Å². The molecule has 0 amide bonds. The van der Waals surface area contributed by atoms with Gasteiger partial charge >= 0.3 is 5.97 Å². The lowest BCUT2D eigenvalue weighted by Crippen LogP contribution is -2.29. The van der Waals surface area contributed by atoms with Crippen LogP contribution in [-0.2, 0) is 0 Å². The van der Waals surface area contributed by atoms with Crippen molar-refractivity contribution in [3.05, 3.63) is 70.8 Å². The Hall–Kier alpha value is -2.30. The number of carboxylic acid groups (broad SMARTS) is 1. The van der Waals surface area contributed by atoms with Gasteiger partial charge in [-0.25, -0.2) is 4.79 Å². The first-order valence-corrected chi connectivity index (χ1v) is 9.77. The molecular formula is C24H30ClNO3. The van der Waals surface area contributed by atoms with Crippen molar-refractivity contribution in [2.45, 2.75) is 25.2 Å². The zero-order chi connectivity index (χ0) is 20.1. The lowest BCUT2D eigenvalue weighted by atomic mass is 9.73. The summed E-state index contributed by atoms with van der Waals surface area (Å²) >= 11 is 0. The Labute approximate surface area is 179 Å². The third-order valence-corrected chi connectivity index (χ3v) is 5.51. The van der Waals surface area contributed by atoms with Gasteiger partial charge in [0.05, 0.1) is 12.7 Å². The number of methoxy groups -OCH3 is 1. The molecule has 156 valence electrons. The van der Waals surface area contributed by atoms with E-state index in [9.17, 15) is 9.90 Å². The molecular weight excluding hydrogens is 386 g/mol. The molecule has 0 aliphatic heterocycles. The van der Waals surface area contributed by atoms with Gasteiger partial charge in [-0.1, -0.05) is 35.9 Å². The predicted molar refractivity (Wildman–Crippen MR) is 120 cm³/mol. The summed E-state index contributed by atoms with van der Waals surface area (Å²) in [7, 11) is 5.97. The Morgan fingerprint density at radius 3 is 2.66 bits per heavy atom. The molecule has 0 saturated heterocycles. The third kappa shape index (κ3) is 6.09. The summed E-state index contributed by atoms with van der Waals surface area (Å²) < 4.78 is 5.44. The quantitative estimate of drug-likeness (QED) is 0.691. The average molecular weight is 416 g/mol. The molecule has 5 heteroatoms. The van der Waals surface area contributed by atoms with Crippen molar-refractivity contribution in [1.82, 2.24) is 4.90 Å². The van der Waals surface area contributed by atoms with E-state index in [1.54, 1.807) is 19.2 Å². The number of ether oxygens (including phenoxy) is 1. The fraction of sp³-hybridized carbons (Fsp3) is 0.375. The molecule has 0 bridgehead atoms. The van der Waals surface area contributed by atoms with E-state index in [2.05, 4.69) is 43.3 Å². The van der Waals surface area contributed by atoms with E-state index in [1.807, 2.05) is 18.2 Å². The van der Waals surface area contributed by atoms with Crippen LogP contribution in [0.3, 0.4) is 0 Å². The summed E-state index contributed by atoms with van der Waals surface area (Å²) in [4.78, 5) is 13.5. The fourth-order valence-corrected chi connectivity index (χ4v) is 4.20.